The van der Waals surface area contributed by atoms with Crippen LogP contribution in [0.1, 0.15) is 36.1 Å². The summed E-state index contributed by atoms with van der Waals surface area (Å²) in [6.07, 6.45) is 0. The van der Waals surface area contributed by atoms with Gasteiger partial charge in [-0.3, -0.25) is 0 Å². The van der Waals surface area contributed by atoms with Crippen LogP contribution in [0.25, 0.3) is 0 Å². The lowest BCUT2D eigenvalue weighted by molar-refractivity contribution is 0.000689. The average molecular weight is 258 g/mol. The van der Waals surface area contributed by atoms with Crippen LogP contribution in [-0.4, -0.2) is 34.8 Å². The molecule has 0 aliphatic rings. The Hall–Kier alpha value is -1.14. The monoisotopic (exact) mass is 258 g/mol. The molecule has 1 aromatic heterocycles. The van der Waals surface area contributed by atoms with E-state index in [0.717, 1.165) is 11.3 Å². The summed E-state index contributed by atoms with van der Waals surface area (Å²) in [5, 5.41) is 12.6. The minimum Gasteiger partial charge on any atom is -0.477 e. The van der Waals surface area contributed by atoms with Gasteiger partial charge in [0.15, 0.2) is 5.13 Å². The number of carbonyl (C=O) groups is 1. The zero-order valence-corrected chi connectivity index (χ0v) is 11.3. The van der Waals surface area contributed by atoms with E-state index >= 15 is 0 Å². The normalized spacial score (nSPS) is 11.5. The van der Waals surface area contributed by atoms with Crippen molar-refractivity contribution in [2.75, 3.05) is 18.5 Å². The van der Waals surface area contributed by atoms with Crippen molar-refractivity contribution in [3.63, 3.8) is 0 Å². The highest BCUT2D eigenvalue weighted by atomic mass is 32.1. The first-order valence-corrected chi connectivity index (χ1v) is 6.26. The third kappa shape index (κ3) is 3.98. The number of carboxylic acid groups (broad SMARTS) is 1. The number of ether oxygens (including phenoxy) is 1. The number of aryl methyl sites for hydroxylation is 1. The number of hydrogen-bond donors (Lipinski definition) is 2. The number of nitrogens with zero attached hydrogens (tertiary/aromatic N) is 1. The van der Waals surface area contributed by atoms with Gasteiger partial charge in [-0.15, -0.1) is 0 Å². The lowest BCUT2D eigenvalue weighted by Gasteiger charge is -2.24. The molecule has 1 aromatic rings. The molecule has 0 aliphatic carbocycles. The third-order valence-corrected chi connectivity index (χ3v) is 3.29. The average Bonchev–Trinajstić information content (AvgIpc) is 2.57. The largest absolute Gasteiger partial charge is 0.477 e. The summed E-state index contributed by atoms with van der Waals surface area (Å²) in [5.74, 6) is -0.933. The highest BCUT2D eigenvalue weighted by Gasteiger charge is 2.19. The predicted molar refractivity (Wildman–Crippen MR) is 68.0 cm³/mol. The summed E-state index contributed by atoms with van der Waals surface area (Å²) in [7, 11) is 0. The zero-order valence-electron chi connectivity index (χ0n) is 10.5. The lowest BCUT2D eigenvalue weighted by Crippen LogP contribution is -2.33. The molecule has 2 N–H and O–H groups in total. The van der Waals surface area contributed by atoms with Crippen LogP contribution in [0, 0.1) is 6.92 Å². The van der Waals surface area contributed by atoms with Crippen molar-refractivity contribution in [3.05, 3.63) is 10.6 Å². The van der Waals surface area contributed by atoms with E-state index in [1.54, 1.807) is 6.92 Å². The van der Waals surface area contributed by atoms with Gasteiger partial charge in [0.25, 0.3) is 0 Å². The van der Waals surface area contributed by atoms with Gasteiger partial charge < -0.3 is 15.2 Å². The molecule has 0 aliphatic heterocycles. The van der Waals surface area contributed by atoms with E-state index < -0.39 is 5.97 Å². The highest BCUT2D eigenvalue weighted by Crippen LogP contribution is 2.23. The molecule has 0 saturated carbocycles. The predicted octanol–water partition coefficient (Wildman–Crippen LogP) is 2.38. The summed E-state index contributed by atoms with van der Waals surface area (Å²) in [5.41, 5.74) is 0.247. The van der Waals surface area contributed by atoms with Crippen molar-refractivity contribution in [2.24, 2.45) is 0 Å². The minimum absolute atomic E-state index is 0.279. The van der Waals surface area contributed by atoms with Crippen LogP contribution >= 0.6 is 11.3 Å². The maximum absolute atomic E-state index is 10.9. The van der Waals surface area contributed by atoms with Crippen LogP contribution in [0.3, 0.4) is 0 Å². The smallest absolute Gasteiger partial charge is 0.347 e. The van der Waals surface area contributed by atoms with Crippen LogP contribution in [0.2, 0.25) is 0 Å². The minimum atomic E-state index is -0.933. The van der Waals surface area contributed by atoms with Gasteiger partial charge in [-0.25, -0.2) is 9.78 Å². The topological polar surface area (TPSA) is 71.5 Å². The van der Waals surface area contributed by atoms with E-state index in [9.17, 15) is 4.79 Å². The molecule has 1 heterocycles. The Labute approximate surface area is 105 Å². The van der Waals surface area contributed by atoms with Gasteiger partial charge >= 0.3 is 5.97 Å². The molecule has 0 aromatic carbocycles. The number of nitrogens with one attached hydrogen (secondary N) is 1. The molecular formula is C11H18N2O3S. The first-order chi connectivity index (χ1) is 7.85. The molecule has 1 rings (SSSR count). The molecular weight excluding hydrogens is 240 g/mol. The van der Waals surface area contributed by atoms with Gasteiger partial charge in [0.1, 0.15) is 4.88 Å². The number of carboxylic acids is 1. The molecule has 0 amide bonds. The number of aromatic carboxylic acids is 1. The third-order valence-electron chi connectivity index (χ3n) is 2.19. The number of thiazole rings is 1. The summed E-state index contributed by atoms with van der Waals surface area (Å²) in [6.45, 7) is 8.82. The molecule has 0 saturated heterocycles. The highest BCUT2D eigenvalue weighted by molar-refractivity contribution is 7.17. The SMILES string of the molecule is CCOC(C)(C)CNc1nc(C)c(C(=O)O)s1. The fraction of sp³-hybridized carbons (Fsp3) is 0.636. The Balaban J connectivity index is 2.64. The van der Waals surface area contributed by atoms with Crippen molar-refractivity contribution in [1.82, 2.24) is 4.98 Å². The lowest BCUT2D eigenvalue weighted by atomic mass is 10.1. The van der Waals surface area contributed by atoms with E-state index in [0.29, 0.717) is 24.0 Å². The molecule has 0 radical (unpaired) electrons. The molecule has 0 bridgehead atoms. The van der Waals surface area contributed by atoms with Gasteiger partial charge in [0.2, 0.25) is 0 Å². The standard InChI is InChI=1S/C11H18N2O3S/c1-5-16-11(3,4)6-12-10-13-7(2)8(17-10)9(14)15/h5-6H2,1-4H3,(H,12,13)(H,14,15). The summed E-state index contributed by atoms with van der Waals surface area (Å²) in [6, 6.07) is 0. The van der Waals surface area contributed by atoms with Crippen molar-refractivity contribution in [3.8, 4) is 0 Å². The fourth-order valence-corrected chi connectivity index (χ4v) is 2.20. The summed E-state index contributed by atoms with van der Waals surface area (Å²) >= 11 is 1.15. The summed E-state index contributed by atoms with van der Waals surface area (Å²) < 4.78 is 5.53. The Bertz CT molecular complexity index is 401. The Morgan fingerprint density at radius 2 is 2.24 bits per heavy atom. The van der Waals surface area contributed by atoms with E-state index in [-0.39, 0.29) is 10.5 Å². The Kier molecular flexibility index (Phi) is 4.47. The second-order valence-electron chi connectivity index (χ2n) is 4.28. The van der Waals surface area contributed by atoms with E-state index in [1.165, 1.54) is 0 Å². The molecule has 0 fully saturated rings. The van der Waals surface area contributed by atoms with Gasteiger partial charge in [-0.1, -0.05) is 11.3 Å². The van der Waals surface area contributed by atoms with E-state index in [2.05, 4.69) is 10.3 Å². The Morgan fingerprint density at radius 3 is 2.71 bits per heavy atom. The quantitative estimate of drug-likeness (QED) is 0.819. The maximum atomic E-state index is 10.9. The maximum Gasteiger partial charge on any atom is 0.347 e. The van der Waals surface area contributed by atoms with Gasteiger partial charge in [0, 0.05) is 13.2 Å². The van der Waals surface area contributed by atoms with Gasteiger partial charge in [0.05, 0.1) is 11.3 Å². The van der Waals surface area contributed by atoms with Gasteiger partial charge in [-0.05, 0) is 27.7 Å². The molecule has 0 spiro atoms. The van der Waals surface area contributed by atoms with Crippen molar-refractivity contribution >= 4 is 22.4 Å². The summed E-state index contributed by atoms with van der Waals surface area (Å²) in [4.78, 5) is 15.3. The molecule has 0 atom stereocenters. The first-order valence-electron chi connectivity index (χ1n) is 5.44. The Morgan fingerprint density at radius 1 is 1.59 bits per heavy atom. The number of anilines is 1. The van der Waals surface area contributed by atoms with Crippen LogP contribution in [-0.2, 0) is 4.74 Å². The van der Waals surface area contributed by atoms with Gasteiger partial charge in [-0.2, -0.15) is 0 Å². The van der Waals surface area contributed by atoms with Crippen LogP contribution < -0.4 is 5.32 Å². The molecule has 96 valence electrons. The number of hydrogen-bond acceptors (Lipinski definition) is 5. The van der Waals surface area contributed by atoms with E-state index in [4.69, 9.17) is 9.84 Å². The fourth-order valence-electron chi connectivity index (χ4n) is 1.40. The van der Waals surface area contributed by atoms with Crippen molar-refractivity contribution in [1.29, 1.82) is 0 Å². The zero-order chi connectivity index (χ0) is 13.1. The van der Waals surface area contributed by atoms with Crippen LogP contribution in [0.15, 0.2) is 0 Å². The second-order valence-corrected chi connectivity index (χ2v) is 5.28. The molecule has 6 heteroatoms. The second kappa shape index (κ2) is 5.46. The van der Waals surface area contributed by atoms with Crippen molar-refractivity contribution in [2.45, 2.75) is 33.3 Å². The molecule has 17 heavy (non-hydrogen) atoms. The van der Waals surface area contributed by atoms with E-state index in [1.807, 2.05) is 20.8 Å². The molecule has 5 nitrogen and oxygen atoms in total. The first kappa shape index (κ1) is 13.9. The van der Waals surface area contributed by atoms with Crippen LogP contribution in [0.4, 0.5) is 5.13 Å². The van der Waals surface area contributed by atoms with Crippen LogP contribution in [0.5, 0.6) is 0 Å². The van der Waals surface area contributed by atoms with Crippen molar-refractivity contribution < 1.29 is 14.6 Å². The number of rotatable bonds is 6. The number of aromatic nitrogens is 1. The molecule has 0 unspecified atom stereocenters.